The second-order valence-electron chi connectivity index (χ2n) is 4.76. The van der Waals surface area contributed by atoms with Gasteiger partial charge in [-0.1, -0.05) is 29.8 Å². The van der Waals surface area contributed by atoms with Crippen LogP contribution in [0.1, 0.15) is 30.5 Å². The van der Waals surface area contributed by atoms with Crippen LogP contribution < -0.4 is 5.32 Å². The van der Waals surface area contributed by atoms with Crippen LogP contribution in [0.5, 0.6) is 0 Å². The summed E-state index contributed by atoms with van der Waals surface area (Å²) in [4.78, 5) is 0. The molecular weight excluding hydrogens is 194 g/mol. The summed E-state index contributed by atoms with van der Waals surface area (Å²) in [5.74, 6) is 0. The Morgan fingerprint density at radius 3 is 2.44 bits per heavy atom. The molecule has 0 saturated carbocycles. The Hall–Kier alpha value is -1.08. The molecule has 0 spiro atoms. The zero-order valence-corrected chi connectivity index (χ0v) is 11.1. The van der Waals surface area contributed by atoms with Crippen LogP contribution in [0.25, 0.3) is 0 Å². The van der Waals surface area contributed by atoms with Gasteiger partial charge in [-0.15, -0.1) is 0 Å². The number of likely N-dealkylation sites (N-methyl/N-ethyl adjacent to an activating group) is 1. The highest BCUT2D eigenvalue weighted by molar-refractivity contribution is 5.30. The normalized spacial score (nSPS) is 12.3. The van der Waals surface area contributed by atoms with Crippen LogP contribution in [0.15, 0.2) is 29.8 Å². The van der Waals surface area contributed by atoms with Crippen LogP contribution in [0.3, 0.4) is 0 Å². The molecule has 1 aromatic carbocycles. The van der Waals surface area contributed by atoms with Crippen molar-refractivity contribution in [2.75, 3.05) is 7.05 Å². The van der Waals surface area contributed by atoms with E-state index in [0.29, 0.717) is 6.04 Å². The summed E-state index contributed by atoms with van der Waals surface area (Å²) in [5, 5.41) is 3.34. The lowest BCUT2D eigenvalue weighted by atomic mass is 10.00. The summed E-state index contributed by atoms with van der Waals surface area (Å²) >= 11 is 0. The number of allylic oxidation sites excluding steroid dienone is 1. The smallest absolute Gasteiger partial charge is 0.0290 e. The first kappa shape index (κ1) is 13.0. The van der Waals surface area contributed by atoms with Crippen molar-refractivity contribution in [2.45, 2.75) is 40.2 Å². The summed E-state index contributed by atoms with van der Waals surface area (Å²) in [7, 11) is 2.02. The molecule has 1 aromatic rings. The molecule has 0 aliphatic rings. The van der Waals surface area contributed by atoms with Crippen molar-refractivity contribution < 1.29 is 0 Å². The van der Waals surface area contributed by atoms with Crippen LogP contribution in [0, 0.1) is 13.8 Å². The summed E-state index contributed by atoms with van der Waals surface area (Å²) in [6.07, 6.45) is 3.35. The molecule has 1 heteroatoms. The number of nitrogens with one attached hydrogen (secondary N) is 1. The summed E-state index contributed by atoms with van der Waals surface area (Å²) < 4.78 is 0. The van der Waals surface area contributed by atoms with Crippen LogP contribution in [-0.2, 0) is 6.42 Å². The van der Waals surface area contributed by atoms with Crippen LogP contribution in [-0.4, -0.2) is 13.1 Å². The molecule has 0 aromatic heterocycles. The number of hydrogen-bond donors (Lipinski definition) is 1. The van der Waals surface area contributed by atoms with Gasteiger partial charge in [0, 0.05) is 6.04 Å². The molecule has 0 amide bonds. The quantitative estimate of drug-likeness (QED) is 0.762. The molecule has 0 radical (unpaired) electrons. The number of rotatable bonds is 4. The van der Waals surface area contributed by atoms with Gasteiger partial charge in [0.2, 0.25) is 0 Å². The standard InChI is InChI=1S/C15H23N/c1-11(2)8-15(16-5)10-14-7-6-12(3)13(4)9-14/h6-9,15-16H,10H2,1-5H3. The molecule has 1 rings (SSSR count). The van der Waals surface area contributed by atoms with Crippen molar-refractivity contribution in [3.05, 3.63) is 46.5 Å². The third-order valence-corrected chi connectivity index (χ3v) is 2.93. The largest absolute Gasteiger partial charge is 0.313 e. The third kappa shape index (κ3) is 3.82. The van der Waals surface area contributed by atoms with E-state index >= 15 is 0 Å². The maximum absolute atomic E-state index is 3.34. The van der Waals surface area contributed by atoms with Crippen LogP contribution in [0.2, 0.25) is 0 Å². The van der Waals surface area contributed by atoms with E-state index in [1.807, 2.05) is 7.05 Å². The zero-order chi connectivity index (χ0) is 12.1. The zero-order valence-electron chi connectivity index (χ0n) is 11.1. The fourth-order valence-corrected chi connectivity index (χ4v) is 1.83. The monoisotopic (exact) mass is 217 g/mol. The molecule has 1 N–H and O–H groups in total. The van der Waals surface area contributed by atoms with Gasteiger partial charge in [-0.05, 0) is 57.9 Å². The van der Waals surface area contributed by atoms with Crippen molar-refractivity contribution in [1.29, 1.82) is 0 Å². The van der Waals surface area contributed by atoms with Crippen LogP contribution >= 0.6 is 0 Å². The Kier molecular flexibility index (Phi) is 4.75. The van der Waals surface area contributed by atoms with E-state index in [0.717, 1.165) is 6.42 Å². The van der Waals surface area contributed by atoms with E-state index in [-0.39, 0.29) is 0 Å². The first-order chi connectivity index (χ1) is 7.52. The number of aryl methyl sites for hydroxylation is 2. The Balaban J connectivity index is 2.78. The molecule has 0 saturated heterocycles. The Bertz CT molecular complexity index is 373. The molecule has 1 atom stereocenters. The van der Waals surface area contributed by atoms with Gasteiger partial charge in [0.1, 0.15) is 0 Å². The molecule has 0 aliphatic carbocycles. The van der Waals surface area contributed by atoms with Gasteiger partial charge < -0.3 is 5.32 Å². The highest BCUT2D eigenvalue weighted by Crippen LogP contribution is 2.12. The highest BCUT2D eigenvalue weighted by atomic mass is 14.9. The molecule has 1 unspecified atom stereocenters. The van der Waals surface area contributed by atoms with Gasteiger partial charge in [0.15, 0.2) is 0 Å². The molecule has 0 aliphatic heterocycles. The van der Waals surface area contributed by atoms with E-state index < -0.39 is 0 Å². The van der Waals surface area contributed by atoms with Gasteiger partial charge in [0.25, 0.3) is 0 Å². The van der Waals surface area contributed by atoms with E-state index in [9.17, 15) is 0 Å². The van der Waals surface area contributed by atoms with Gasteiger partial charge in [0.05, 0.1) is 0 Å². The van der Waals surface area contributed by atoms with Crippen LogP contribution in [0.4, 0.5) is 0 Å². The molecule has 0 bridgehead atoms. The Labute approximate surface area is 99.6 Å². The van der Waals surface area contributed by atoms with E-state index in [2.05, 4.69) is 57.3 Å². The molecule has 88 valence electrons. The van der Waals surface area contributed by atoms with E-state index in [1.165, 1.54) is 22.3 Å². The molecule has 0 fully saturated rings. The van der Waals surface area contributed by atoms with Crippen molar-refractivity contribution in [3.63, 3.8) is 0 Å². The van der Waals surface area contributed by atoms with Crippen molar-refractivity contribution in [2.24, 2.45) is 0 Å². The van der Waals surface area contributed by atoms with Crippen molar-refractivity contribution >= 4 is 0 Å². The number of hydrogen-bond acceptors (Lipinski definition) is 1. The lowest BCUT2D eigenvalue weighted by molar-refractivity contribution is 0.660. The van der Waals surface area contributed by atoms with Gasteiger partial charge in [-0.25, -0.2) is 0 Å². The van der Waals surface area contributed by atoms with Gasteiger partial charge in [-0.2, -0.15) is 0 Å². The molecular formula is C15H23N. The third-order valence-electron chi connectivity index (χ3n) is 2.93. The fourth-order valence-electron chi connectivity index (χ4n) is 1.83. The van der Waals surface area contributed by atoms with Gasteiger partial charge >= 0.3 is 0 Å². The average Bonchev–Trinajstić information content (AvgIpc) is 2.22. The van der Waals surface area contributed by atoms with Crippen molar-refractivity contribution in [1.82, 2.24) is 5.32 Å². The Morgan fingerprint density at radius 2 is 1.94 bits per heavy atom. The lowest BCUT2D eigenvalue weighted by Gasteiger charge is -2.13. The van der Waals surface area contributed by atoms with Gasteiger partial charge in [-0.3, -0.25) is 0 Å². The second-order valence-corrected chi connectivity index (χ2v) is 4.76. The summed E-state index contributed by atoms with van der Waals surface area (Å²) in [6, 6.07) is 7.16. The Morgan fingerprint density at radius 1 is 1.25 bits per heavy atom. The first-order valence-corrected chi connectivity index (χ1v) is 5.91. The molecule has 0 heterocycles. The lowest BCUT2D eigenvalue weighted by Crippen LogP contribution is -2.25. The number of benzene rings is 1. The van der Waals surface area contributed by atoms with E-state index in [1.54, 1.807) is 0 Å². The topological polar surface area (TPSA) is 12.0 Å². The molecule has 1 nitrogen and oxygen atoms in total. The highest BCUT2D eigenvalue weighted by Gasteiger charge is 2.04. The minimum absolute atomic E-state index is 0.437. The molecule has 16 heavy (non-hydrogen) atoms. The second kappa shape index (κ2) is 5.86. The predicted molar refractivity (Wildman–Crippen MR) is 71.9 cm³/mol. The fraction of sp³-hybridized carbons (Fsp3) is 0.467. The maximum Gasteiger partial charge on any atom is 0.0290 e. The SMILES string of the molecule is CNC(C=C(C)C)Cc1ccc(C)c(C)c1. The predicted octanol–water partition coefficient (Wildman–Crippen LogP) is 3.40. The van der Waals surface area contributed by atoms with Crippen molar-refractivity contribution in [3.8, 4) is 0 Å². The first-order valence-electron chi connectivity index (χ1n) is 5.91. The minimum Gasteiger partial charge on any atom is -0.313 e. The maximum atomic E-state index is 3.34. The van der Waals surface area contributed by atoms with E-state index in [4.69, 9.17) is 0 Å². The summed E-state index contributed by atoms with van der Waals surface area (Å²) in [6.45, 7) is 8.62. The summed E-state index contributed by atoms with van der Waals surface area (Å²) in [5.41, 5.74) is 5.51. The average molecular weight is 217 g/mol. The minimum atomic E-state index is 0.437.